The third-order valence-electron chi connectivity index (χ3n) is 4.41. The van der Waals surface area contributed by atoms with Crippen LogP contribution in [0.4, 0.5) is 11.9 Å². The van der Waals surface area contributed by atoms with Crippen LogP contribution in [0.3, 0.4) is 0 Å². The summed E-state index contributed by atoms with van der Waals surface area (Å²) in [6, 6.07) is 7.48. The highest BCUT2D eigenvalue weighted by molar-refractivity contribution is 6.31. The van der Waals surface area contributed by atoms with E-state index in [1.165, 1.54) is 0 Å². The molecule has 0 unspecified atom stereocenters. The molecule has 0 bridgehead atoms. The molecule has 0 radical (unpaired) electrons. The molecular weight excluding hydrogens is 352 g/mol. The van der Waals surface area contributed by atoms with Crippen molar-refractivity contribution in [3.63, 3.8) is 0 Å². The summed E-state index contributed by atoms with van der Waals surface area (Å²) in [7, 11) is 1.89. The molecule has 2 heterocycles. The smallest absolute Gasteiger partial charge is 0.225 e. The molecule has 0 aliphatic carbocycles. The summed E-state index contributed by atoms with van der Waals surface area (Å²) in [6.45, 7) is 5.92. The molecule has 2 aromatic heterocycles. The average Bonchev–Trinajstić information content (AvgIpc) is 2.89. The molecule has 0 aliphatic rings. The number of hydrogen-bond donors (Lipinski definition) is 3. The van der Waals surface area contributed by atoms with Crippen molar-refractivity contribution in [2.75, 3.05) is 10.6 Å². The van der Waals surface area contributed by atoms with Crippen LogP contribution in [-0.2, 0) is 13.6 Å². The Morgan fingerprint density at radius 2 is 2.00 bits per heavy atom. The molecule has 7 nitrogen and oxygen atoms in total. The van der Waals surface area contributed by atoms with Crippen molar-refractivity contribution in [1.29, 1.82) is 0 Å². The number of imidazole rings is 1. The summed E-state index contributed by atoms with van der Waals surface area (Å²) in [6.07, 6.45) is 1.67. The quantitative estimate of drug-likeness (QED) is 0.614. The minimum absolute atomic E-state index is 0.203. The standard InChI is InChI=1S/C18H23ClN6O/c1-11(18(2,3)26)22-16-20-10-14-15(24-16)25(4)17(23-14)21-9-12-7-5-6-8-13(12)19/h5-8,10-11,26H,9H2,1-4H3,(H,21,23)(H,20,22,24)/t11-/m0/s1. The molecule has 3 rings (SSSR count). The van der Waals surface area contributed by atoms with Crippen molar-refractivity contribution in [3.8, 4) is 0 Å². The van der Waals surface area contributed by atoms with E-state index in [2.05, 4.69) is 25.6 Å². The topological polar surface area (TPSA) is 87.9 Å². The van der Waals surface area contributed by atoms with Crippen LogP contribution in [0.15, 0.2) is 30.5 Å². The molecule has 26 heavy (non-hydrogen) atoms. The lowest BCUT2D eigenvalue weighted by molar-refractivity contribution is 0.0646. The normalized spacial score (nSPS) is 13.0. The van der Waals surface area contributed by atoms with Crippen molar-refractivity contribution in [2.45, 2.75) is 39.0 Å². The van der Waals surface area contributed by atoms with Crippen LogP contribution in [0.2, 0.25) is 5.02 Å². The van der Waals surface area contributed by atoms with Gasteiger partial charge in [-0.05, 0) is 32.4 Å². The van der Waals surface area contributed by atoms with E-state index >= 15 is 0 Å². The van der Waals surface area contributed by atoms with E-state index in [1.807, 2.05) is 42.8 Å². The fraction of sp³-hybridized carbons (Fsp3) is 0.389. The van der Waals surface area contributed by atoms with Gasteiger partial charge in [0.05, 0.1) is 17.8 Å². The first-order valence-electron chi connectivity index (χ1n) is 8.41. The number of aliphatic hydroxyl groups is 1. The Morgan fingerprint density at radius 1 is 1.27 bits per heavy atom. The summed E-state index contributed by atoms with van der Waals surface area (Å²) in [5, 5.41) is 17.2. The number of nitrogens with one attached hydrogen (secondary N) is 2. The Hall–Kier alpha value is -2.38. The maximum atomic E-state index is 10.1. The fourth-order valence-electron chi connectivity index (χ4n) is 2.40. The molecule has 0 saturated heterocycles. The zero-order chi connectivity index (χ0) is 18.9. The SMILES string of the molecule is C[C@H](Nc1ncc2nc(NCc3ccccc3Cl)n(C)c2n1)C(C)(C)O. The molecule has 1 atom stereocenters. The summed E-state index contributed by atoms with van der Waals surface area (Å²) in [5.41, 5.74) is 1.50. The van der Waals surface area contributed by atoms with Gasteiger partial charge in [-0.15, -0.1) is 0 Å². The first-order chi connectivity index (χ1) is 12.3. The molecule has 0 amide bonds. The van der Waals surface area contributed by atoms with Crippen LogP contribution in [0.1, 0.15) is 26.3 Å². The van der Waals surface area contributed by atoms with Gasteiger partial charge in [0.2, 0.25) is 11.9 Å². The Balaban J connectivity index is 1.81. The van der Waals surface area contributed by atoms with Crippen molar-refractivity contribution in [3.05, 3.63) is 41.0 Å². The number of nitrogens with zero attached hydrogens (tertiary/aromatic N) is 4. The first kappa shape index (κ1) is 18.4. The zero-order valence-electron chi connectivity index (χ0n) is 15.3. The second kappa shape index (κ2) is 7.09. The maximum absolute atomic E-state index is 10.1. The number of rotatable bonds is 6. The minimum Gasteiger partial charge on any atom is -0.388 e. The van der Waals surface area contributed by atoms with E-state index < -0.39 is 5.60 Å². The number of halogens is 1. The van der Waals surface area contributed by atoms with Crippen LogP contribution >= 0.6 is 11.6 Å². The Morgan fingerprint density at radius 3 is 2.69 bits per heavy atom. The van der Waals surface area contributed by atoms with Gasteiger partial charge in [-0.3, -0.25) is 4.57 Å². The molecule has 0 aliphatic heterocycles. The molecular formula is C18H23ClN6O. The third kappa shape index (κ3) is 3.89. The maximum Gasteiger partial charge on any atom is 0.225 e. The Bertz CT molecular complexity index is 918. The highest BCUT2D eigenvalue weighted by atomic mass is 35.5. The molecule has 3 aromatic rings. The van der Waals surface area contributed by atoms with E-state index in [-0.39, 0.29) is 6.04 Å². The summed E-state index contributed by atoms with van der Waals surface area (Å²) < 4.78 is 1.87. The van der Waals surface area contributed by atoms with Gasteiger partial charge in [0.15, 0.2) is 5.65 Å². The monoisotopic (exact) mass is 374 g/mol. The highest BCUT2D eigenvalue weighted by Crippen LogP contribution is 2.21. The molecule has 0 saturated carbocycles. The number of anilines is 2. The largest absolute Gasteiger partial charge is 0.388 e. The third-order valence-corrected chi connectivity index (χ3v) is 4.78. The van der Waals surface area contributed by atoms with E-state index in [1.54, 1.807) is 20.0 Å². The van der Waals surface area contributed by atoms with Gasteiger partial charge in [-0.1, -0.05) is 29.8 Å². The summed E-state index contributed by atoms with van der Waals surface area (Å²) in [4.78, 5) is 13.3. The first-order valence-corrected chi connectivity index (χ1v) is 8.79. The van der Waals surface area contributed by atoms with Crippen LogP contribution in [0.25, 0.3) is 11.2 Å². The number of benzene rings is 1. The Kier molecular flexibility index (Phi) is 5.02. The van der Waals surface area contributed by atoms with Crippen LogP contribution in [0, 0.1) is 0 Å². The fourth-order valence-corrected chi connectivity index (χ4v) is 2.60. The minimum atomic E-state index is -0.882. The van der Waals surface area contributed by atoms with E-state index in [9.17, 15) is 5.11 Å². The van der Waals surface area contributed by atoms with Crippen molar-refractivity contribution in [2.24, 2.45) is 7.05 Å². The van der Waals surface area contributed by atoms with E-state index in [0.717, 1.165) is 5.56 Å². The molecule has 3 N–H and O–H groups in total. The zero-order valence-corrected chi connectivity index (χ0v) is 16.0. The van der Waals surface area contributed by atoms with Gasteiger partial charge < -0.3 is 15.7 Å². The van der Waals surface area contributed by atoms with Crippen LogP contribution in [0.5, 0.6) is 0 Å². The average molecular weight is 375 g/mol. The number of hydrogen-bond acceptors (Lipinski definition) is 6. The van der Waals surface area contributed by atoms with Gasteiger partial charge in [-0.25, -0.2) is 9.97 Å². The molecule has 138 valence electrons. The number of aryl methyl sites for hydroxylation is 1. The second-order valence-corrected chi connectivity index (χ2v) is 7.27. The molecule has 8 heteroatoms. The molecule has 0 spiro atoms. The number of fused-ring (bicyclic) bond motifs is 1. The van der Waals surface area contributed by atoms with Gasteiger partial charge in [0, 0.05) is 18.6 Å². The number of aromatic nitrogens is 4. The molecule has 0 fully saturated rings. The van der Waals surface area contributed by atoms with Gasteiger partial charge in [-0.2, -0.15) is 4.98 Å². The second-order valence-electron chi connectivity index (χ2n) is 6.86. The lowest BCUT2D eigenvalue weighted by atomic mass is 10.0. The van der Waals surface area contributed by atoms with Crippen molar-refractivity contribution in [1.82, 2.24) is 19.5 Å². The predicted octanol–water partition coefficient (Wildman–Crippen LogP) is 3.20. The highest BCUT2D eigenvalue weighted by Gasteiger charge is 2.23. The van der Waals surface area contributed by atoms with Gasteiger partial charge in [0.25, 0.3) is 0 Å². The molecule has 1 aromatic carbocycles. The van der Waals surface area contributed by atoms with Gasteiger partial charge >= 0.3 is 0 Å². The lowest BCUT2D eigenvalue weighted by Crippen LogP contribution is -2.39. The van der Waals surface area contributed by atoms with Crippen molar-refractivity contribution >= 4 is 34.7 Å². The summed E-state index contributed by atoms with van der Waals surface area (Å²) >= 11 is 6.20. The van der Waals surface area contributed by atoms with E-state index in [4.69, 9.17) is 11.6 Å². The van der Waals surface area contributed by atoms with E-state index in [0.29, 0.717) is 34.6 Å². The predicted molar refractivity (Wildman–Crippen MR) is 104 cm³/mol. The van der Waals surface area contributed by atoms with Crippen LogP contribution in [-0.4, -0.2) is 36.3 Å². The van der Waals surface area contributed by atoms with Gasteiger partial charge in [0.1, 0.15) is 5.52 Å². The van der Waals surface area contributed by atoms with Crippen molar-refractivity contribution < 1.29 is 5.11 Å². The Labute approximate surface area is 157 Å². The lowest BCUT2D eigenvalue weighted by Gasteiger charge is -2.26. The summed E-state index contributed by atoms with van der Waals surface area (Å²) in [5.74, 6) is 1.13. The van der Waals surface area contributed by atoms with Crippen LogP contribution < -0.4 is 10.6 Å².